The first-order valence-corrected chi connectivity index (χ1v) is 10.6. The highest BCUT2D eigenvalue weighted by Crippen LogP contribution is 2.26. The van der Waals surface area contributed by atoms with Gasteiger partial charge in [-0.3, -0.25) is 14.9 Å². The van der Waals surface area contributed by atoms with Crippen molar-refractivity contribution in [3.63, 3.8) is 0 Å². The van der Waals surface area contributed by atoms with Crippen LogP contribution < -0.4 is 20.7 Å². The Morgan fingerprint density at radius 2 is 1.36 bits per heavy atom. The second-order valence-corrected chi connectivity index (χ2v) is 7.62. The summed E-state index contributed by atoms with van der Waals surface area (Å²) in [6.45, 7) is 0. The van der Waals surface area contributed by atoms with Gasteiger partial charge in [0.25, 0.3) is 11.8 Å². The van der Waals surface area contributed by atoms with E-state index >= 15 is 0 Å². The largest absolute Gasteiger partial charge is 0.496 e. The van der Waals surface area contributed by atoms with Gasteiger partial charge >= 0.3 is 0 Å². The second kappa shape index (κ2) is 9.93. The number of hydrogen-bond acceptors (Lipinski definition) is 4. The zero-order valence-corrected chi connectivity index (χ0v) is 18.6. The summed E-state index contributed by atoms with van der Waals surface area (Å²) in [5.41, 5.74) is 2.16. The van der Waals surface area contributed by atoms with Gasteiger partial charge in [0, 0.05) is 16.9 Å². The summed E-state index contributed by atoms with van der Waals surface area (Å²) in [6, 6.07) is 27.3. The lowest BCUT2D eigenvalue weighted by Gasteiger charge is -2.13. The van der Waals surface area contributed by atoms with Gasteiger partial charge < -0.3 is 15.4 Å². The minimum atomic E-state index is -0.386. The molecule has 4 aromatic rings. The molecule has 0 bridgehead atoms. The van der Waals surface area contributed by atoms with Crippen molar-refractivity contribution in [3.8, 4) is 5.75 Å². The number of carbonyl (C=O) groups excluding carboxylic acids is 2. The van der Waals surface area contributed by atoms with Gasteiger partial charge in [0.05, 0.1) is 12.7 Å². The fourth-order valence-corrected chi connectivity index (χ4v) is 3.58. The molecule has 164 valence electrons. The van der Waals surface area contributed by atoms with Crippen LogP contribution in [0, 0.1) is 0 Å². The molecule has 7 heteroatoms. The van der Waals surface area contributed by atoms with E-state index in [1.807, 2.05) is 36.4 Å². The molecule has 6 nitrogen and oxygen atoms in total. The number of amides is 2. The van der Waals surface area contributed by atoms with Gasteiger partial charge in [-0.2, -0.15) is 0 Å². The summed E-state index contributed by atoms with van der Waals surface area (Å²) >= 11 is 5.32. The van der Waals surface area contributed by atoms with Crippen molar-refractivity contribution in [1.82, 2.24) is 5.32 Å². The lowest BCUT2D eigenvalue weighted by atomic mass is 10.1. The van der Waals surface area contributed by atoms with Crippen molar-refractivity contribution in [2.24, 2.45) is 0 Å². The minimum absolute atomic E-state index is 0.127. The first-order valence-electron chi connectivity index (χ1n) is 10.2. The molecule has 0 saturated carbocycles. The van der Waals surface area contributed by atoms with Gasteiger partial charge in [-0.25, -0.2) is 0 Å². The molecule has 0 unspecified atom stereocenters. The van der Waals surface area contributed by atoms with Crippen LogP contribution in [0.5, 0.6) is 5.75 Å². The van der Waals surface area contributed by atoms with E-state index in [9.17, 15) is 9.59 Å². The summed E-state index contributed by atoms with van der Waals surface area (Å²) < 4.78 is 5.40. The highest BCUT2D eigenvalue weighted by molar-refractivity contribution is 7.80. The molecule has 0 saturated heterocycles. The standard InChI is InChI=1S/C26H21N3O3S/c1-32-23-15-19-11-6-5-10-18(19)14-22(23)25(31)29-26(33)28-21-13-7-12-20(16-21)27-24(30)17-8-3-2-4-9-17/h2-16H,1H3,(H,27,30)(H2,28,29,31,33). The van der Waals surface area contributed by atoms with Gasteiger partial charge in [-0.15, -0.1) is 0 Å². The topological polar surface area (TPSA) is 79.5 Å². The summed E-state index contributed by atoms with van der Waals surface area (Å²) in [5, 5.41) is 10.5. The predicted octanol–water partition coefficient (Wildman–Crippen LogP) is 5.23. The average molecular weight is 456 g/mol. The number of thiocarbonyl (C=S) groups is 1. The van der Waals surface area contributed by atoms with Crippen molar-refractivity contribution in [2.75, 3.05) is 17.7 Å². The first-order chi connectivity index (χ1) is 16.0. The summed E-state index contributed by atoms with van der Waals surface area (Å²) in [7, 11) is 1.52. The predicted molar refractivity (Wildman–Crippen MR) is 135 cm³/mol. The van der Waals surface area contributed by atoms with Crippen LogP contribution in [0.1, 0.15) is 20.7 Å². The van der Waals surface area contributed by atoms with E-state index < -0.39 is 0 Å². The number of rotatable bonds is 5. The highest BCUT2D eigenvalue weighted by Gasteiger charge is 2.15. The van der Waals surface area contributed by atoms with Crippen LogP contribution in [0.4, 0.5) is 11.4 Å². The Balaban J connectivity index is 1.44. The lowest BCUT2D eigenvalue weighted by molar-refractivity contribution is 0.0973. The molecule has 4 aromatic carbocycles. The van der Waals surface area contributed by atoms with Gasteiger partial charge in [-0.1, -0.05) is 48.5 Å². The van der Waals surface area contributed by atoms with Crippen LogP contribution in [0.25, 0.3) is 10.8 Å². The van der Waals surface area contributed by atoms with Crippen LogP contribution in [0.2, 0.25) is 0 Å². The van der Waals surface area contributed by atoms with E-state index in [1.165, 1.54) is 7.11 Å². The first kappa shape index (κ1) is 22.0. The van der Waals surface area contributed by atoms with E-state index in [4.69, 9.17) is 17.0 Å². The third kappa shape index (κ3) is 5.34. The number of fused-ring (bicyclic) bond motifs is 1. The van der Waals surface area contributed by atoms with Crippen molar-refractivity contribution in [1.29, 1.82) is 0 Å². The molecule has 0 aliphatic heterocycles. The molecule has 0 aliphatic rings. The lowest BCUT2D eigenvalue weighted by Crippen LogP contribution is -2.34. The quantitative estimate of drug-likeness (QED) is 0.359. The molecule has 0 radical (unpaired) electrons. The average Bonchev–Trinajstić information content (AvgIpc) is 2.83. The molecule has 0 aromatic heterocycles. The normalized spacial score (nSPS) is 10.3. The number of hydrogen-bond donors (Lipinski definition) is 3. The zero-order chi connectivity index (χ0) is 23.2. The van der Waals surface area contributed by atoms with E-state index in [2.05, 4.69) is 16.0 Å². The Morgan fingerprint density at radius 3 is 2.06 bits per heavy atom. The van der Waals surface area contributed by atoms with Crippen molar-refractivity contribution < 1.29 is 14.3 Å². The highest BCUT2D eigenvalue weighted by atomic mass is 32.1. The van der Waals surface area contributed by atoms with Crippen molar-refractivity contribution in [2.45, 2.75) is 0 Å². The van der Waals surface area contributed by atoms with E-state index in [-0.39, 0.29) is 16.9 Å². The fourth-order valence-electron chi connectivity index (χ4n) is 3.37. The number of benzene rings is 4. The molecule has 0 atom stereocenters. The van der Waals surface area contributed by atoms with Crippen molar-refractivity contribution in [3.05, 3.63) is 102 Å². The Hall–Kier alpha value is -4.23. The number of ether oxygens (including phenoxy) is 1. The molecular formula is C26H21N3O3S. The summed E-state index contributed by atoms with van der Waals surface area (Å²) in [6.07, 6.45) is 0. The van der Waals surface area contributed by atoms with E-state index in [0.29, 0.717) is 28.3 Å². The third-order valence-corrected chi connectivity index (χ3v) is 5.16. The molecule has 0 aliphatic carbocycles. The zero-order valence-electron chi connectivity index (χ0n) is 17.8. The molecule has 0 fully saturated rings. The Bertz CT molecular complexity index is 1340. The summed E-state index contributed by atoms with van der Waals surface area (Å²) in [5.74, 6) is -0.143. The van der Waals surface area contributed by atoms with Gasteiger partial charge in [0.1, 0.15) is 5.75 Å². The Kier molecular flexibility index (Phi) is 6.61. The van der Waals surface area contributed by atoms with Crippen LogP contribution >= 0.6 is 12.2 Å². The minimum Gasteiger partial charge on any atom is -0.496 e. The monoisotopic (exact) mass is 455 g/mol. The third-order valence-electron chi connectivity index (χ3n) is 4.95. The molecular weight excluding hydrogens is 434 g/mol. The molecule has 3 N–H and O–H groups in total. The maximum absolute atomic E-state index is 12.9. The number of nitrogens with one attached hydrogen (secondary N) is 3. The molecule has 4 rings (SSSR count). The summed E-state index contributed by atoms with van der Waals surface area (Å²) in [4.78, 5) is 25.2. The molecule has 0 heterocycles. The number of anilines is 2. The maximum Gasteiger partial charge on any atom is 0.261 e. The van der Waals surface area contributed by atoms with Gasteiger partial charge in [0.15, 0.2) is 5.11 Å². The van der Waals surface area contributed by atoms with E-state index in [1.54, 1.807) is 54.6 Å². The second-order valence-electron chi connectivity index (χ2n) is 7.21. The van der Waals surface area contributed by atoms with Gasteiger partial charge in [0.2, 0.25) is 0 Å². The molecule has 33 heavy (non-hydrogen) atoms. The van der Waals surface area contributed by atoms with Crippen LogP contribution in [-0.2, 0) is 0 Å². The molecule has 0 spiro atoms. The SMILES string of the molecule is COc1cc2ccccc2cc1C(=O)NC(=S)Nc1cccc(NC(=O)c2ccccc2)c1. The number of methoxy groups -OCH3 is 1. The van der Waals surface area contributed by atoms with Crippen LogP contribution in [0.3, 0.4) is 0 Å². The van der Waals surface area contributed by atoms with Gasteiger partial charge in [-0.05, 0) is 65.5 Å². The number of carbonyl (C=O) groups is 2. The van der Waals surface area contributed by atoms with Crippen molar-refractivity contribution >= 4 is 51.3 Å². The van der Waals surface area contributed by atoms with Crippen LogP contribution in [0.15, 0.2) is 91.0 Å². The Labute approximate surface area is 196 Å². The fraction of sp³-hybridized carbons (Fsp3) is 0.0385. The van der Waals surface area contributed by atoms with E-state index in [0.717, 1.165) is 10.8 Å². The maximum atomic E-state index is 12.9. The Morgan fingerprint density at radius 1 is 0.727 bits per heavy atom. The van der Waals surface area contributed by atoms with Crippen LogP contribution in [-0.4, -0.2) is 24.0 Å². The molecule has 2 amide bonds. The smallest absolute Gasteiger partial charge is 0.261 e.